The minimum absolute atomic E-state index is 0.0549. The van der Waals surface area contributed by atoms with Gasteiger partial charge in [-0.2, -0.15) is 0 Å². The van der Waals surface area contributed by atoms with Crippen molar-refractivity contribution in [2.45, 2.75) is 38.5 Å². The molecule has 0 aromatic heterocycles. The van der Waals surface area contributed by atoms with Crippen molar-refractivity contribution < 1.29 is 13.2 Å². The standard InChI is InChI=1S/C17H26BrN3O3S/c1-4-16(22)21-9-7-13-11-14(18)12-15(17(13)21)25(23,24)19-8-10-20(5-2)6-3/h11-12,19H,4-10H2,1-3H3. The third-order valence-electron chi connectivity index (χ3n) is 4.50. The lowest BCUT2D eigenvalue weighted by Crippen LogP contribution is -2.36. The number of carbonyl (C=O) groups excluding carboxylic acids is 1. The number of carbonyl (C=O) groups is 1. The van der Waals surface area contributed by atoms with Crippen molar-refractivity contribution in [3.05, 3.63) is 22.2 Å². The van der Waals surface area contributed by atoms with Crippen LogP contribution in [0.3, 0.4) is 0 Å². The Labute approximate surface area is 158 Å². The van der Waals surface area contributed by atoms with Gasteiger partial charge in [-0.05, 0) is 37.2 Å². The molecule has 0 radical (unpaired) electrons. The molecule has 1 aromatic carbocycles. The Morgan fingerprint density at radius 2 is 1.96 bits per heavy atom. The summed E-state index contributed by atoms with van der Waals surface area (Å²) in [4.78, 5) is 16.1. The second-order valence-corrected chi connectivity index (χ2v) is 8.64. The maximum absolute atomic E-state index is 12.9. The van der Waals surface area contributed by atoms with Crippen molar-refractivity contribution >= 4 is 37.5 Å². The van der Waals surface area contributed by atoms with Crippen molar-refractivity contribution in [3.8, 4) is 0 Å². The van der Waals surface area contributed by atoms with Gasteiger partial charge in [0.1, 0.15) is 4.90 Å². The van der Waals surface area contributed by atoms with Crippen LogP contribution in [-0.4, -0.2) is 51.9 Å². The highest BCUT2D eigenvalue weighted by Gasteiger charge is 2.31. The number of likely N-dealkylation sites (N-methyl/N-ethyl adjacent to an activating group) is 1. The van der Waals surface area contributed by atoms with Crippen LogP contribution in [0.15, 0.2) is 21.5 Å². The second-order valence-electron chi connectivity index (χ2n) is 5.99. The van der Waals surface area contributed by atoms with Crippen LogP contribution >= 0.6 is 15.9 Å². The predicted molar refractivity (Wildman–Crippen MR) is 103 cm³/mol. The summed E-state index contributed by atoms with van der Waals surface area (Å²) in [5, 5.41) is 0. The molecule has 0 bridgehead atoms. The molecule has 25 heavy (non-hydrogen) atoms. The summed E-state index contributed by atoms with van der Waals surface area (Å²) in [6.45, 7) is 9.16. The van der Waals surface area contributed by atoms with Gasteiger partial charge in [0.05, 0.1) is 5.69 Å². The number of benzene rings is 1. The van der Waals surface area contributed by atoms with E-state index >= 15 is 0 Å². The Bertz CT molecular complexity index is 733. The fourth-order valence-electron chi connectivity index (χ4n) is 3.07. The Hall–Kier alpha value is -0.960. The summed E-state index contributed by atoms with van der Waals surface area (Å²) in [6.07, 6.45) is 1.02. The SMILES string of the molecule is CCC(=O)N1CCc2cc(Br)cc(S(=O)(=O)NCCN(CC)CC)c21. The molecule has 0 spiro atoms. The zero-order chi connectivity index (χ0) is 18.6. The van der Waals surface area contributed by atoms with Gasteiger partial charge in [-0.3, -0.25) is 4.79 Å². The lowest BCUT2D eigenvalue weighted by Gasteiger charge is -2.21. The number of hydrogen-bond donors (Lipinski definition) is 1. The van der Waals surface area contributed by atoms with Gasteiger partial charge in [0.15, 0.2) is 0 Å². The topological polar surface area (TPSA) is 69.7 Å². The average Bonchev–Trinajstić information content (AvgIpc) is 3.00. The molecule has 1 aliphatic heterocycles. The van der Waals surface area contributed by atoms with Gasteiger partial charge < -0.3 is 9.80 Å². The van der Waals surface area contributed by atoms with Gasteiger partial charge in [0, 0.05) is 30.5 Å². The van der Waals surface area contributed by atoms with Crippen molar-refractivity contribution in [2.75, 3.05) is 37.6 Å². The molecule has 0 unspecified atom stereocenters. The molecule has 1 N–H and O–H groups in total. The molecule has 8 heteroatoms. The van der Waals surface area contributed by atoms with E-state index in [0.29, 0.717) is 42.6 Å². The third kappa shape index (κ3) is 4.61. The first-order valence-corrected chi connectivity index (χ1v) is 11.0. The van der Waals surface area contributed by atoms with Crippen molar-refractivity contribution in [2.24, 2.45) is 0 Å². The van der Waals surface area contributed by atoms with Crippen LogP contribution in [0.1, 0.15) is 32.8 Å². The molecule has 6 nitrogen and oxygen atoms in total. The first-order valence-electron chi connectivity index (χ1n) is 8.68. The molecule has 1 amide bonds. The predicted octanol–water partition coefficient (Wildman–Crippen LogP) is 2.37. The highest BCUT2D eigenvalue weighted by atomic mass is 79.9. The molecule has 1 aromatic rings. The number of nitrogens with zero attached hydrogens (tertiary/aromatic N) is 2. The summed E-state index contributed by atoms with van der Waals surface area (Å²) in [6, 6.07) is 3.48. The molecular weight excluding hydrogens is 406 g/mol. The van der Waals surface area contributed by atoms with Gasteiger partial charge in [-0.1, -0.05) is 36.7 Å². The zero-order valence-corrected chi connectivity index (χ0v) is 17.4. The van der Waals surface area contributed by atoms with E-state index in [1.807, 2.05) is 19.9 Å². The fraction of sp³-hybridized carbons (Fsp3) is 0.588. The highest BCUT2D eigenvalue weighted by Crippen LogP contribution is 2.37. The summed E-state index contributed by atoms with van der Waals surface area (Å²) in [7, 11) is -3.70. The smallest absolute Gasteiger partial charge is 0.242 e. The first kappa shape index (κ1) is 20.4. The van der Waals surface area contributed by atoms with Crippen LogP contribution in [0.2, 0.25) is 0 Å². The Morgan fingerprint density at radius 1 is 1.28 bits per heavy atom. The van der Waals surface area contributed by atoms with E-state index in [1.165, 1.54) is 0 Å². The minimum atomic E-state index is -3.70. The Balaban J connectivity index is 2.30. The van der Waals surface area contributed by atoms with Gasteiger partial charge >= 0.3 is 0 Å². The molecule has 0 aliphatic carbocycles. The van der Waals surface area contributed by atoms with Gasteiger partial charge in [0.2, 0.25) is 15.9 Å². The van der Waals surface area contributed by atoms with Crippen LogP contribution < -0.4 is 9.62 Å². The average molecular weight is 432 g/mol. The Kier molecular flexibility index (Phi) is 7.01. The molecule has 140 valence electrons. The Morgan fingerprint density at radius 3 is 2.56 bits per heavy atom. The lowest BCUT2D eigenvalue weighted by atomic mass is 10.2. The van der Waals surface area contributed by atoms with Crippen LogP contribution in [0.5, 0.6) is 0 Å². The van der Waals surface area contributed by atoms with E-state index in [9.17, 15) is 13.2 Å². The largest absolute Gasteiger partial charge is 0.310 e. The first-order chi connectivity index (χ1) is 11.8. The minimum Gasteiger partial charge on any atom is -0.310 e. The lowest BCUT2D eigenvalue weighted by molar-refractivity contribution is -0.118. The molecule has 1 heterocycles. The van der Waals surface area contributed by atoms with E-state index < -0.39 is 10.0 Å². The van der Waals surface area contributed by atoms with Crippen LogP contribution in [0, 0.1) is 0 Å². The number of hydrogen-bond acceptors (Lipinski definition) is 4. The number of sulfonamides is 1. The molecule has 0 saturated carbocycles. The van der Waals surface area contributed by atoms with Gasteiger partial charge in [-0.15, -0.1) is 0 Å². The van der Waals surface area contributed by atoms with E-state index in [0.717, 1.165) is 18.7 Å². The van der Waals surface area contributed by atoms with Gasteiger partial charge in [0.25, 0.3) is 0 Å². The van der Waals surface area contributed by atoms with Crippen LogP contribution in [-0.2, 0) is 21.2 Å². The van der Waals surface area contributed by atoms with E-state index in [1.54, 1.807) is 17.9 Å². The molecule has 0 saturated heterocycles. The van der Waals surface area contributed by atoms with Gasteiger partial charge in [-0.25, -0.2) is 13.1 Å². The number of anilines is 1. The van der Waals surface area contributed by atoms with Crippen molar-refractivity contribution in [3.63, 3.8) is 0 Å². The number of rotatable bonds is 8. The summed E-state index contributed by atoms with van der Waals surface area (Å²) >= 11 is 3.39. The molecule has 0 fully saturated rings. The second kappa shape index (κ2) is 8.62. The number of amides is 1. The maximum Gasteiger partial charge on any atom is 0.242 e. The van der Waals surface area contributed by atoms with Crippen molar-refractivity contribution in [1.29, 1.82) is 0 Å². The summed E-state index contributed by atoms with van der Waals surface area (Å²) in [5.74, 6) is -0.0549. The zero-order valence-electron chi connectivity index (χ0n) is 15.0. The third-order valence-corrected chi connectivity index (χ3v) is 6.43. The quantitative estimate of drug-likeness (QED) is 0.685. The maximum atomic E-state index is 12.9. The summed E-state index contributed by atoms with van der Waals surface area (Å²) in [5.41, 5.74) is 1.42. The summed E-state index contributed by atoms with van der Waals surface area (Å²) < 4.78 is 29.1. The van der Waals surface area contributed by atoms with E-state index in [2.05, 4.69) is 25.6 Å². The number of fused-ring (bicyclic) bond motifs is 1. The monoisotopic (exact) mass is 431 g/mol. The van der Waals surface area contributed by atoms with Crippen LogP contribution in [0.4, 0.5) is 5.69 Å². The normalized spacial score (nSPS) is 14.2. The van der Waals surface area contributed by atoms with Crippen molar-refractivity contribution in [1.82, 2.24) is 9.62 Å². The number of nitrogens with one attached hydrogen (secondary N) is 1. The molecule has 2 rings (SSSR count). The number of halogens is 1. The van der Waals surface area contributed by atoms with E-state index in [4.69, 9.17) is 0 Å². The molecule has 1 aliphatic rings. The van der Waals surface area contributed by atoms with E-state index in [-0.39, 0.29) is 10.8 Å². The fourth-order valence-corrected chi connectivity index (χ4v) is 5.02. The highest BCUT2D eigenvalue weighted by molar-refractivity contribution is 9.10. The molecule has 0 atom stereocenters. The van der Waals surface area contributed by atoms with Crippen LogP contribution in [0.25, 0.3) is 0 Å². The molecular formula is C17H26BrN3O3S.